The van der Waals surface area contributed by atoms with Crippen molar-refractivity contribution < 1.29 is 14.4 Å². The second-order valence-corrected chi connectivity index (χ2v) is 4.78. The first-order valence-corrected chi connectivity index (χ1v) is 6.97. The Hall–Kier alpha value is -2.63. The maximum absolute atomic E-state index is 12.3. The number of carbonyl (C=O) groups excluding carboxylic acids is 3. The molecule has 118 valence electrons. The van der Waals surface area contributed by atoms with Crippen LogP contribution in [0.2, 0.25) is 0 Å². The summed E-state index contributed by atoms with van der Waals surface area (Å²) in [7, 11) is 3.27. The first-order chi connectivity index (χ1) is 10.5. The molecule has 0 heterocycles. The van der Waals surface area contributed by atoms with E-state index in [9.17, 15) is 14.4 Å². The van der Waals surface area contributed by atoms with Crippen LogP contribution in [0.4, 0.5) is 5.69 Å². The zero-order chi connectivity index (χ0) is 16.5. The highest BCUT2D eigenvalue weighted by Gasteiger charge is 2.12. The van der Waals surface area contributed by atoms with Gasteiger partial charge in [-0.05, 0) is 30.7 Å². The quantitative estimate of drug-likeness (QED) is 0.748. The van der Waals surface area contributed by atoms with Crippen molar-refractivity contribution in [2.24, 2.45) is 0 Å². The minimum atomic E-state index is -0.330. The number of nitrogens with zero attached hydrogens (tertiary/aromatic N) is 1. The van der Waals surface area contributed by atoms with Crippen molar-refractivity contribution in [2.45, 2.75) is 12.8 Å². The molecule has 22 heavy (non-hydrogen) atoms. The standard InChI is InChI=1S/C16H21N3O3/c1-4-14(20)18-13-8-5-7-12(11-13)16(22)19(3)10-6-9-15(21)17-2/h4-5,7-8,11H,1,6,9-10H2,2-3H3,(H,17,21)(H,18,20). The van der Waals surface area contributed by atoms with Crippen molar-refractivity contribution in [3.63, 3.8) is 0 Å². The zero-order valence-electron chi connectivity index (χ0n) is 12.9. The summed E-state index contributed by atoms with van der Waals surface area (Å²) in [5.41, 5.74) is 1.01. The SMILES string of the molecule is C=CC(=O)Nc1cccc(C(=O)N(C)CCCC(=O)NC)c1. The Morgan fingerprint density at radius 1 is 1.32 bits per heavy atom. The zero-order valence-corrected chi connectivity index (χ0v) is 12.9. The Morgan fingerprint density at radius 2 is 2.05 bits per heavy atom. The predicted molar refractivity (Wildman–Crippen MR) is 85.5 cm³/mol. The fourth-order valence-corrected chi connectivity index (χ4v) is 1.85. The van der Waals surface area contributed by atoms with Gasteiger partial charge in [0.1, 0.15) is 0 Å². The summed E-state index contributed by atoms with van der Waals surface area (Å²) in [6.45, 7) is 3.86. The normalized spacial score (nSPS) is 9.73. The summed E-state index contributed by atoms with van der Waals surface area (Å²) < 4.78 is 0. The summed E-state index contributed by atoms with van der Waals surface area (Å²) in [6, 6.07) is 6.69. The van der Waals surface area contributed by atoms with Gasteiger partial charge in [0.05, 0.1) is 0 Å². The molecule has 1 aromatic rings. The molecule has 0 bridgehead atoms. The lowest BCUT2D eigenvalue weighted by molar-refractivity contribution is -0.120. The van der Waals surface area contributed by atoms with E-state index in [1.54, 1.807) is 43.3 Å². The molecular formula is C16H21N3O3. The largest absolute Gasteiger partial charge is 0.359 e. The average Bonchev–Trinajstić information content (AvgIpc) is 2.53. The number of hydrogen-bond acceptors (Lipinski definition) is 3. The fraction of sp³-hybridized carbons (Fsp3) is 0.312. The predicted octanol–water partition coefficient (Wildman–Crippen LogP) is 1.41. The lowest BCUT2D eigenvalue weighted by atomic mass is 10.1. The molecule has 0 radical (unpaired) electrons. The topological polar surface area (TPSA) is 78.5 Å². The average molecular weight is 303 g/mol. The van der Waals surface area contributed by atoms with Crippen molar-refractivity contribution in [3.8, 4) is 0 Å². The van der Waals surface area contributed by atoms with E-state index >= 15 is 0 Å². The molecule has 0 unspecified atom stereocenters. The molecule has 0 aliphatic rings. The number of nitrogens with one attached hydrogen (secondary N) is 2. The smallest absolute Gasteiger partial charge is 0.253 e. The molecule has 1 aromatic carbocycles. The van der Waals surface area contributed by atoms with E-state index in [-0.39, 0.29) is 17.7 Å². The lowest BCUT2D eigenvalue weighted by Crippen LogP contribution is -2.29. The van der Waals surface area contributed by atoms with E-state index in [2.05, 4.69) is 17.2 Å². The molecule has 0 aromatic heterocycles. The third-order valence-electron chi connectivity index (χ3n) is 3.09. The van der Waals surface area contributed by atoms with Gasteiger partial charge in [-0.25, -0.2) is 0 Å². The van der Waals surface area contributed by atoms with Gasteiger partial charge in [-0.2, -0.15) is 0 Å². The summed E-state index contributed by atoms with van der Waals surface area (Å²) >= 11 is 0. The Labute approximate surface area is 130 Å². The first-order valence-electron chi connectivity index (χ1n) is 6.97. The van der Waals surface area contributed by atoms with Gasteiger partial charge < -0.3 is 15.5 Å². The summed E-state index contributed by atoms with van der Waals surface area (Å²) in [5, 5.41) is 5.15. The van der Waals surface area contributed by atoms with Crippen LogP contribution in [0, 0.1) is 0 Å². The molecule has 6 heteroatoms. The highest BCUT2D eigenvalue weighted by atomic mass is 16.2. The van der Waals surface area contributed by atoms with Gasteiger partial charge in [-0.1, -0.05) is 12.6 Å². The van der Waals surface area contributed by atoms with Gasteiger partial charge in [-0.15, -0.1) is 0 Å². The van der Waals surface area contributed by atoms with Crippen molar-refractivity contribution in [1.82, 2.24) is 10.2 Å². The Balaban J connectivity index is 2.64. The molecule has 3 amide bonds. The highest BCUT2D eigenvalue weighted by Crippen LogP contribution is 2.12. The van der Waals surface area contributed by atoms with Crippen molar-refractivity contribution in [1.29, 1.82) is 0 Å². The summed E-state index contributed by atoms with van der Waals surface area (Å²) in [4.78, 5) is 36.3. The molecule has 0 aliphatic carbocycles. The van der Waals surface area contributed by atoms with E-state index in [1.165, 1.54) is 6.08 Å². The summed E-state index contributed by atoms with van der Waals surface area (Å²) in [5.74, 6) is -0.537. The number of amides is 3. The van der Waals surface area contributed by atoms with Crippen molar-refractivity contribution in [3.05, 3.63) is 42.5 Å². The van der Waals surface area contributed by atoms with Crippen LogP contribution in [-0.2, 0) is 9.59 Å². The third kappa shape index (κ3) is 5.40. The minimum Gasteiger partial charge on any atom is -0.359 e. The van der Waals surface area contributed by atoms with E-state index < -0.39 is 0 Å². The molecule has 1 rings (SSSR count). The van der Waals surface area contributed by atoms with Gasteiger partial charge in [0, 0.05) is 38.3 Å². The van der Waals surface area contributed by atoms with Crippen LogP contribution in [0.5, 0.6) is 0 Å². The van der Waals surface area contributed by atoms with Crippen LogP contribution in [0.3, 0.4) is 0 Å². The Bertz CT molecular complexity index is 570. The Kier molecular flexibility index (Phi) is 6.82. The molecule has 0 fully saturated rings. The second-order valence-electron chi connectivity index (χ2n) is 4.78. The van der Waals surface area contributed by atoms with Crippen LogP contribution in [0.1, 0.15) is 23.2 Å². The molecule has 0 atom stereocenters. The monoisotopic (exact) mass is 303 g/mol. The molecule has 0 aliphatic heterocycles. The minimum absolute atomic E-state index is 0.0463. The molecule has 2 N–H and O–H groups in total. The molecule has 6 nitrogen and oxygen atoms in total. The van der Waals surface area contributed by atoms with Gasteiger partial charge in [0.25, 0.3) is 5.91 Å². The Morgan fingerprint density at radius 3 is 2.68 bits per heavy atom. The highest BCUT2D eigenvalue weighted by molar-refractivity contribution is 6.00. The van der Waals surface area contributed by atoms with Crippen LogP contribution < -0.4 is 10.6 Å². The van der Waals surface area contributed by atoms with Gasteiger partial charge in [0.2, 0.25) is 11.8 Å². The lowest BCUT2D eigenvalue weighted by Gasteiger charge is -2.17. The van der Waals surface area contributed by atoms with Crippen LogP contribution in [0.25, 0.3) is 0 Å². The maximum Gasteiger partial charge on any atom is 0.253 e. The van der Waals surface area contributed by atoms with Crippen LogP contribution in [-0.4, -0.2) is 43.3 Å². The van der Waals surface area contributed by atoms with Crippen LogP contribution in [0.15, 0.2) is 36.9 Å². The maximum atomic E-state index is 12.3. The van der Waals surface area contributed by atoms with E-state index in [1.807, 2.05) is 0 Å². The summed E-state index contributed by atoms with van der Waals surface area (Å²) in [6.07, 6.45) is 2.14. The number of rotatable bonds is 7. The van der Waals surface area contributed by atoms with Crippen molar-refractivity contribution in [2.75, 3.05) is 26.0 Å². The number of benzene rings is 1. The van der Waals surface area contributed by atoms with E-state index in [0.29, 0.717) is 30.6 Å². The molecule has 0 spiro atoms. The molecule has 0 saturated heterocycles. The first kappa shape index (κ1) is 17.4. The van der Waals surface area contributed by atoms with Gasteiger partial charge in [0.15, 0.2) is 0 Å². The van der Waals surface area contributed by atoms with E-state index in [4.69, 9.17) is 0 Å². The van der Waals surface area contributed by atoms with Crippen LogP contribution >= 0.6 is 0 Å². The van der Waals surface area contributed by atoms with Gasteiger partial charge >= 0.3 is 0 Å². The number of hydrogen-bond donors (Lipinski definition) is 2. The second kappa shape index (κ2) is 8.61. The molecule has 0 saturated carbocycles. The van der Waals surface area contributed by atoms with E-state index in [0.717, 1.165) is 0 Å². The fourth-order valence-electron chi connectivity index (χ4n) is 1.85. The third-order valence-corrected chi connectivity index (χ3v) is 3.09. The molecular weight excluding hydrogens is 282 g/mol. The number of anilines is 1. The van der Waals surface area contributed by atoms with Gasteiger partial charge in [-0.3, -0.25) is 14.4 Å². The number of carbonyl (C=O) groups is 3. The van der Waals surface area contributed by atoms with Crippen molar-refractivity contribution >= 4 is 23.4 Å².